The van der Waals surface area contributed by atoms with Gasteiger partial charge in [0.25, 0.3) is 5.91 Å². The maximum absolute atomic E-state index is 13.3. The molecule has 2 aromatic rings. The van der Waals surface area contributed by atoms with Gasteiger partial charge in [0.05, 0.1) is 17.8 Å². The average molecular weight is 411 g/mol. The number of pyridine rings is 1. The van der Waals surface area contributed by atoms with Gasteiger partial charge in [-0.1, -0.05) is 6.07 Å². The van der Waals surface area contributed by atoms with Gasteiger partial charge in [-0.25, -0.2) is 4.98 Å². The Balaban J connectivity index is 1.38. The van der Waals surface area contributed by atoms with Crippen LogP contribution in [0, 0.1) is 19.8 Å². The smallest absolute Gasteiger partial charge is 0.255 e. The number of ether oxygens (including phenoxy) is 1. The van der Waals surface area contributed by atoms with Crippen LogP contribution in [0.15, 0.2) is 30.5 Å². The summed E-state index contributed by atoms with van der Waals surface area (Å²) in [7, 11) is 0. The molecule has 0 saturated carbocycles. The van der Waals surface area contributed by atoms with E-state index < -0.39 is 0 Å². The lowest BCUT2D eigenvalue weighted by molar-refractivity contribution is -0.0728. The minimum absolute atomic E-state index is 0.150. The van der Waals surface area contributed by atoms with Gasteiger partial charge in [-0.15, -0.1) is 0 Å². The van der Waals surface area contributed by atoms with E-state index in [1.165, 1.54) is 0 Å². The van der Waals surface area contributed by atoms with E-state index in [1.807, 2.05) is 43.0 Å². The van der Waals surface area contributed by atoms with Gasteiger partial charge in [0.2, 0.25) is 0 Å². The Kier molecular flexibility index (Phi) is 6.25. The molecule has 1 amide bonds. The van der Waals surface area contributed by atoms with Crippen LogP contribution >= 0.6 is 0 Å². The van der Waals surface area contributed by atoms with Crippen molar-refractivity contribution >= 4 is 5.91 Å². The number of nitrogens with zero attached hydrogens (tertiary/aromatic N) is 4. The van der Waals surface area contributed by atoms with Gasteiger partial charge in [0, 0.05) is 50.3 Å². The molecule has 0 N–H and O–H groups in total. The number of aryl methyl sites for hydroxylation is 1. The summed E-state index contributed by atoms with van der Waals surface area (Å²) in [5.41, 5.74) is 2.81. The molecule has 2 atom stereocenters. The normalized spacial score (nSPS) is 23.7. The maximum Gasteiger partial charge on any atom is 0.255 e. The van der Waals surface area contributed by atoms with Crippen LogP contribution in [-0.2, 0) is 4.74 Å². The highest BCUT2D eigenvalue weighted by atomic mass is 16.5. The van der Waals surface area contributed by atoms with Crippen LogP contribution in [-0.4, -0.2) is 70.2 Å². The van der Waals surface area contributed by atoms with Crippen LogP contribution in [0.5, 0.6) is 0 Å². The van der Waals surface area contributed by atoms with E-state index in [0.717, 1.165) is 68.3 Å². The van der Waals surface area contributed by atoms with Crippen LogP contribution in [0.25, 0.3) is 5.82 Å². The summed E-state index contributed by atoms with van der Waals surface area (Å²) in [6.45, 7) is 13.2. The Morgan fingerprint density at radius 3 is 2.47 bits per heavy atom. The van der Waals surface area contributed by atoms with Gasteiger partial charge in [0.1, 0.15) is 5.82 Å². The molecule has 2 saturated heterocycles. The Hall–Kier alpha value is -2.18. The van der Waals surface area contributed by atoms with E-state index in [2.05, 4.69) is 28.3 Å². The maximum atomic E-state index is 13.3. The Labute approximate surface area is 179 Å². The molecule has 0 spiro atoms. The molecular formula is C24H34N4O2. The number of rotatable bonds is 4. The van der Waals surface area contributed by atoms with E-state index in [4.69, 9.17) is 4.74 Å². The summed E-state index contributed by atoms with van der Waals surface area (Å²) in [4.78, 5) is 22.3. The zero-order valence-electron chi connectivity index (χ0n) is 18.7. The van der Waals surface area contributed by atoms with Crippen molar-refractivity contribution in [1.82, 2.24) is 19.4 Å². The topological polar surface area (TPSA) is 50.6 Å². The van der Waals surface area contributed by atoms with Crippen LogP contribution in [0.4, 0.5) is 0 Å². The molecule has 162 valence electrons. The van der Waals surface area contributed by atoms with Crippen molar-refractivity contribution in [3.8, 4) is 5.82 Å². The molecular weight excluding hydrogens is 376 g/mol. The lowest BCUT2D eigenvalue weighted by atomic mass is 9.95. The van der Waals surface area contributed by atoms with Gasteiger partial charge >= 0.3 is 0 Å². The number of carbonyl (C=O) groups is 1. The number of amides is 1. The Bertz CT molecular complexity index is 861. The summed E-state index contributed by atoms with van der Waals surface area (Å²) in [5, 5.41) is 0. The minimum Gasteiger partial charge on any atom is -0.373 e. The van der Waals surface area contributed by atoms with Crippen molar-refractivity contribution < 1.29 is 9.53 Å². The van der Waals surface area contributed by atoms with E-state index in [1.54, 1.807) is 6.20 Å². The first-order valence-electron chi connectivity index (χ1n) is 11.2. The molecule has 0 aromatic carbocycles. The fourth-order valence-electron chi connectivity index (χ4n) is 5.11. The van der Waals surface area contributed by atoms with Gasteiger partial charge < -0.3 is 14.2 Å². The highest BCUT2D eigenvalue weighted by Gasteiger charge is 2.29. The lowest BCUT2D eigenvalue weighted by Crippen LogP contribution is -2.48. The van der Waals surface area contributed by atoms with Gasteiger partial charge in [0.15, 0.2) is 0 Å². The van der Waals surface area contributed by atoms with Crippen LogP contribution in [0.2, 0.25) is 0 Å². The second-order valence-corrected chi connectivity index (χ2v) is 9.02. The molecule has 0 radical (unpaired) electrons. The molecule has 2 fully saturated rings. The quantitative estimate of drug-likeness (QED) is 0.775. The predicted octanol–water partition coefficient (Wildman–Crippen LogP) is 3.45. The summed E-state index contributed by atoms with van der Waals surface area (Å²) < 4.78 is 7.93. The van der Waals surface area contributed by atoms with Crippen LogP contribution < -0.4 is 0 Å². The third-order valence-corrected chi connectivity index (χ3v) is 6.45. The van der Waals surface area contributed by atoms with Crippen LogP contribution in [0.3, 0.4) is 0 Å². The van der Waals surface area contributed by atoms with Crippen molar-refractivity contribution in [3.05, 3.63) is 47.4 Å². The molecule has 6 heteroatoms. The van der Waals surface area contributed by atoms with Crippen molar-refractivity contribution in [2.45, 2.75) is 52.7 Å². The number of piperidine rings is 1. The second kappa shape index (κ2) is 8.90. The van der Waals surface area contributed by atoms with Gasteiger partial charge in [-0.2, -0.15) is 0 Å². The molecule has 30 heavy (non-hydrogen) atoms. The largest absolute Gasteiger partial charge is 0.373 e. The number of hydrogen-bond acceptors (Lipinski definition) is 4. The minimum atomic E-state index is 0.150. The Morgan fingerprint density at radius 2 is 1.83 bits per heavy atom. The molecule has 0 aliphatic carbocycles. The lowest BCUT2D eigenvalue weighted by Gasteiger charge is -2.39. The molecule has 2 aliphatic heterocycles. The Morgan fingerprint density at radius 1 is 1.13 bits per heavy atom. The molecule has 2 aliphatic rings. The summed E-state index contributed by atoms with van der Waals surface area (Å²) >= 11 is 0. The third-order valence-electron chi connectivity index (χ3n) is 6.45. The monoisotopic (exact) mass is 410 g/mol. The number of hydrogen-bond donors (Lipinski definition) is 0. The molecule has 0 bridgehead atoms. The van der Waals surface area contributed by atoms with Crippen LogP contribution in [0.1, 0.15) is 48.4 Å². The average Bonchev–Trinajstić information content (AvgIpc) is 3.02. The summed E-state index contributed by atoms with van der Waals surface area (Å²) in [5.74, 6) is 1.67. The molecule has 4 heterocycles. The van der Waals surface area contributed by atoms with Gasteiger partial charge in [-0.3, -0.25) is 9.69 Å². The SMILES string of the molecule is Cc1cc(C(=O)N2CCC(CN3CC(C)OC(C)C3)CC2)c(C)n1-c1ccccn1. The number of aromatic nitrogens is 2. The zero-order valence-corrected chi connectivity index (χ0v) is 18.7. The highest BCUT2D eigenvalue weighted by molar-refractivity contribution is 5.96. The van der Waals surface area contributed by atoms with Crippen molar-refractivity contribution in [1.29, 1.82) is 0 Å². The predicted molar refractivity (Wildman–Crippen MR) is 118 cm³/mol. The zero-order chi connectivity index (χ0) is 21.3. The first-order valence-corrected chi connectivity index (χ1v) is 11.2. The molecule has 2 unspecified atom stereocenters. The standard InChI is InChI=1S/C24H34N4O2/c1-17-13-22(20(4)28(17)23-7-5-6-10-25-23)24(29)27-11-8-21(9-12-27)16-26-14-18(2)30-19(3)15-26/h5-7,10,13,18-19,21H,8-9,11-12,14-16H2,1-4H3. The van der Waals surface area contributed by atoms with Crippen molar-refractivity contribution in [3.63, 3.8) is 0 Å². The second-order valence-electron chi connectivity index (χ2n) is 9.02. The fourth-order valence-corrected chi connectivity index (χ4v) is 5.11. The molecule has 6 nitrogen and oxygen atoms in total. The van der Waals surface area contributed by atoms with E-state index in [0.29, 0.717) is 18.1 Å². The fraction of sp³-hybridized carbons (Fsp3) is 0.583. The summed E-state index contributed by atoms with van der Waals surface area (Å²) in [6, 6.07) is 7.87. The first kappa shape index (κ1) is 21.1. The van der Waals surface area contributed by atoms with Crippen molar-refractivity contribution in [2.75, 3.05) is 32.7 Å². The van der Waals surface area contributed by atoms with E-state index in [-0.39, 0.29) is 5.91 Å². The molecule has 2 aromatic heterocycles. The van der Waals surface area contributed by atoms with Gasteiger partial charge in [-0.05, 0) is 64.7 Å². The molecule has 4 rings (SSSR count). The number of morpholine rings is 1. The van der Waals surface area contributed by atoms with E-state index in [9.17, 15) is 4.79 Å². The summed E-state index contributed by atoms with van der Waals surface area (Å²) in [6.07, 6.45) is 4.56. The number of carbonyl (C=O) groups excluding carboxylic acids is 1. The van der Waals surface area contributed by atoms with E-state index >= 15 is 0 Å². The first-order chi connectivity index (χ1) is 14.4. The van der Waals surface area contributed by atoms with Crippen molar-refractivity contribution in [2.24, 2.45) is 5.92 Å². The third kappa shape index (κ3) is 4.44. The number of likely N-dealkylation sites (tertiary alicyclic amines) is 1. The highest BCUT2D eigenvalue weighted by Crippen LogP contribution is 2.25.